The van der Waals surface area contributed by atoms with Gasteiger partial charge in [-0.3, -0.25) is 0 Å². The lowest BCUT2D eigenvalue weighted by Crippen LogP contribution is -1.97. The van der Waals surface area contributed by atoms with Crippen molar-refractivity contribution in [3.8, 4) is 0 Å². The van der Waals surface area contributed by atoms with Gasteiger partial charge in [-0.15, -0.1) is 5.10 Å². The molecule has 0 aliphatic carbocycles. The molecule has 3 nitrogen and oxygen atoms in total. The van der Waals surface area contributed by atoms with Crippen molar-refractivity contribution in [3.63, 3.8) is 0 Å². The Kier molecular flexibility index (Phi) is 4.82. The number of rotatable bonds is 6. The first kappa shape index (κ1) is 12.4. The van der Waals surface area contributed by atoms with Gasteiger partial charge in [0.15, 0.2) is 0 Å². The lowest BCUT2D eigenvalue weighted by molar-refractivity contribution is 1.07. The average molecular weight is 265 g/mol. The maximum atomic E-state index is 4.15. The summed E-state index contributed by atoms with van der Waals surface area (Å²) in [4.78, 5) is 0. The first-order valence-corrected chi connectivity index (χ1v) is 7.49. The molecule has 0 aliphatic rings. The van der Waals surface area contributed by atoms with Gasteiger partial charge in [-0.1, -0.05) is 34.8 Å². The van der Waals surface area contributed by atoms with Crippen LogP contribution in [0.15, 0.2) is 30.3 Å². The highest BCUT2D eigenvalue weighted by molar-refractivity contribution is 7.97. The van der Waals surface area contributed by atoms with E-state index in [0.717, 1.165) is 28.7 Å². The predicted octanol–water partition coefficient (Wildman–Crippen LogP) is 3.40. The molecule has 0 saturated carbocycles. The Hall–Kier alpha value is -1.07. The van der Waals surface area contributed by atoms with Crippen LogP contribution in [0.3, 0.4) is 0 Å². The monoisotopic (exact) mass is 265 g/mol. The third-order valence-electron chi connectivity index (χ3n) is 2.24. The van der Waals surface area contributed by atoms with Crippen molar-refractivity contribution < 1.29 is 0 Å². The van der Waals surface area contributed by atoms with Gasteiger partial charge in [0, 0.05) is 29.6 Å². The van der Waals surface area contributed by atoms with Gasteiger partial charge < -0.3 is 5.32 Å². The van der Waals surface area contributed by atoms with Crippen LogP contribution in [0.5, 0.6) is 0 Å². The topological polar surface area (TPSA) is 37.8 Å². The number of anilines is 1. The highest BCUT2D eigenvalue weighted by atomic mass is 32.2. The van der Waals surface area contributed by atoms with E-state index in [1.165, 1.54) is 17.1 Å². The van der Waals surface area contributed by atoms with Crippen molar-refractivity contribution in [2.45, 2.75) is 18.4 Å². The van der Waals surface area contributed by atoms with Crippen LogP contribution in [0.4, 0.5) is 5.00 Å². The summed E-state index contributed by atoms with van der Waals surface area (Å²) in [5.74, 6) is 1.93. The van der Waals surface area contributed by atoms with Gasteiger partial charge in [-0.25, -0.2) is 0 Å². The van der Waals surface area contributed by atoms with Crippen molar-refractivity contribution in [1.29, 1.82) is 0 Å². The van der Waals surface area contributed by atoms with Crippen molar-refractivity contribution in [2.24, 2.45) is 0 Å². The SMILES string of the molecule is CCNc1snnc1CSCc1ccccc1. The minimum Gasteiger partial charge on any atom is -0.374 e. The van der Waals surface area contributed by atoms with Crippen LogP contribution in [-0.2, 0) is 11.5 Å². The van der Waals surface area contributed by atoms with Gasteiger partial charge in [0.25, 0.3) is 0 Å². The molecule has 1 N–H and O–H groups in total. The third kappa shape index (κ3) is 3.71. The molecule has 2 rings (SSSR count). The molecule has 0 saturated heterocycles. The Morgan fingerprint density at radius 1 is 1.24 bits per heavy atom. The fraction of sp³-hybridized carbons (Fsp3) is 0.333. The van der Waals surface area contributed by atoms with Crippen molar-refractivity contribution in [3.05, 3.63) is 41.6 Å². The summed E-state index contributed by atoms with van der Waals surface area (Å²) in [5.41, 5.74) is 2.42. The molecule has 0 fully saturated rings. The van der Waals surface area contributed by atoms with Crippen LogP contribution in [0.1, 0.15) is 18.2 Å². The van der Waals surface area contributed by atoms with E-state index >= 15 is 0 Å². The summed E-state index contributed by atoms with van der Waals surface area (Å²) < 4.78 is 3.98. The molecule has 1 aromatic carbocycles. The van der Waals surface area contributed by atoms with E-state index in [-0.39, 0.29) is 0 Å². The molecule has 0 spiro atoms. The standard InChI is InChI=1S/C12H15N3S2/c1-2-13-12-11(14-15-17-12)9-16-8-10-6-4-3-5-7-10/h3-7,13H,2,8-9H2,1H3. The number of aromatic nitrogens is 2. The predicted molar refractivity (Wildman–Crippen MR) is 75.5 cm³/mol. The Balaban J connectivity index is 1.84. The molecule has 0 bridgehead atoms. The van der Waals surface area contributed by atoms with Crippen molar-refractivity contribution in [2.75, 3.05) is 11.9 Å². The van der Waals surface area contributed by atoms with E-state index in [2.05, 4.69) is 46.1 Å². The van der Waals surface area contributed by atoms with E-state index in [4.69, 9.17) is 0 Å². The summed E-state index contributed by atoms with van der Waals surface area (Å²) in [6, 6.07) is 10.5. The van der Waals surface area contributed by atoms with E-state index in [1.54, 1.807) is 0 Å². The number of hydrogen-bond acceptors (Lipinski definition) is 5. The van der Waals surface area contributed by atoms with Crippen LogP contribution in [0.2, 0.25) is 0 Å². The Bertz CT molecular complexity index is 442. The molecule has 0 amide bonds. The molecule has 2 aromatic rings. The highest BCUT2D eigenvalue weighted by Crippen LogP contribution is 2.24. The number of nitrogens with one attached hydrogen (secondary N) is 1. The van der Waals surface area contributed by atoms with Crippen molar-refractivity contribution >= 4 is 28.3 Å². The van der Waals surface area contributed by atoms with E-state index in [9.17, 15) is 0 Å². The first-order valence-electron chi connectivity index (χ1n) is 5.57. The molecule has 0 unspecified atom stereocenters. The van der Waals surface area contributed by atoms with Gasteiger partial charge in [0.2, 0.25) is 0 Å². The summed E-state index contributed by atoms with van der Waals surface area (Å²) >= 11 is 3.30. The Labute approximate surface area is 110 Å². The fourth-order valence-electron chi connectivity index (χ4n) is 1.44. The fourth-order valence-corrected chi connectivity index (χ4v) is 3.10. The molecule has 0 radical (unpaired) electrons. The molecule has 5 heteroatoms. The van der Waals surface area contributed by atoms with Gasteiger partial charge in [0.1, 0.15) is 10.7 Å². The second kappa shape index (κ2) is 6.61. The normalized spacial score (nSPS) is 10.4. The quantitative estimate of drug-likeness (QED) is 0.868. The number of nitrogens with zero attached hydrogens (tertiary/aromatic N) is 2. The molecule has 90 valence electrons. The summed E-state index contributed by atoms with van der Waals surface area (Å²) in [7, 11) is 0. The molecular formula is C12H15N3S2. The van der Waals surface area contributed by atoms with Gasteiger partial charge >= 0.3 is 0 Å². The molecule has 17 heavy (non-hydrogen) atoms. The highest BCUT2D eigenvalue weighted by Gasteiger charge is 2.06. The largest absolute Gasteiger partial charge is 0.374 e. The van der Waals surface area contributed by atoms with Crippen LogP contribution < -0.4 is 5.32 Å². The van der Waals surface area contributed by atoms with E-state index < -0.39 is 0 Å². The number of thioether (sulfide) groups is 1. The molecule has 0 atom stereocenters. The molecule has 0 aliphatic heterocycles. The van der Waals surface area contributed by atoms with Gasteiger partial charge in [-0.2, -0.15) is 11.8 Å². The van der Waals surface area contributed by atoms with Gasteiger partial charge in [0.05, 0.1) is 0 Å². The van der Waals surface area contributed by atoms with Gasteiger partial charge in [-0.05, 0) is 12.5 Å². The maximum Gasteiger partial charge on any atom is 0.134 e. The first-order chi connectivity index (χ1) is 8.40. The molecule has 1 aromatic heterocycles. The number of benzene rings is 1. The Morgan fingerprint density at radius 3 is 2.82 bits per heavy atom. The third-order valence-corrected chi connectivity index (χ3v) is 3.98. The molecular weight excluding hydrogens is 250 g/mol. The lowest BCUT2D eigenvalue weighted by Gasteiger charge is -2.02. The minimum absolute atomic E-state index is 0.910. The van der Waals surface area contributed by atoms with Crippen LogP contribution >= 0.6 is 23.3 Å². The lowest BCUT2D eigenvalue weighted by atomic mass is 10.2. The smallest absolute Gasteiger partial charge is 0.134 e. The van der Waals surface area contributed by atoms with Crippen molar-refractivity contribution in [1.82, 2.24) is 9.59 Å². The zero-order valence-corrected chi connectivity index (χ0v) is 11.4. The summed E-state index contributed by atoms with van der Waals surface area (Å²) in [6.45, 7) is 3.00. The molecule has 1 heterocycles. The summed E-state index contributed by atoms with van der Waals surface area (Å²) in [5, 5.41) is 8.54. The van der Waals surface area contributed by atoms with E-state index in [1.807, 2.05) is 17.8 Å². The zero-order valence-electron chi connectivity index (χ0n) is 9.72. The average Bonchev–Trinajstić information content (AvgIpc) is 2.79. The number of hydrogen-bond donors (Lipinski definition) is 1. The summed E-state index contributed by atoms with van der Waals surface area (Å²) in [6.07, 6.45) is 0. The maximum absolute atomic E-state index is 4.15. The van der Waals surface area contributed by atoms with Crippen LogP contribution in [0, 0.1) is 0 Å². The zero-order chi connectivity index (χ0) is 11.9. The van der Waals surface area contributed by atoms with Crippen LogP contribution in [-0.4, -0.2) is 16.1 Å². The van der Waals surface area contributed by atoms with E-state index in [0.29, 0.717) is 0 Å². The second-order valence-electron chi connectivity index (χ2n) is 3.56. The Morgan fingerprint density at radius 2 is 2.06 bits per heavy atom. The minimum atomic E-state index is 0.910. The van der Waals surface area contributed by atoms with Crippen LogP contribution in [0.25, 0.3) is 0 Å². The second-order valence-corrected chi connectivity index (χ2v) is 5.30.